The molecule has 23 heavy (non-hydrogen) atoms. The first-order valence-corrected chi connectivity index (χ1v) is 7.72. The third-order valence-corrected chi connectivity index (χ3v) is 3.37. The topological polar surface area (TPSA) is 78.0 Å². The van der Waals surface area contributed by atoms with Crippen LogP contribution in [0.1, 0.15) is 31.7 Å². The predicted octanol–water partition coefficient (Wildman–Crippen LogP) is 2.94. The highest BCUT2D eigenvalue weighted by Crippen LogP contribution is 2.15. The van der Waals surface area contributed by atoms with Gasteiger partial charge < -0.3 is 10.6 Å². The summed E-state index contributed by atoms with van der Waals surface area (Å²) in [5.41, 5.74) is 2.20. The van der Waals surface area contributed by atoms with Crippen molar-refractivity contribution >= 4 is 29.9 Å². The number of nitrogens with zero attached hydrogens (tertiary/aromatic N) is 3. The zero-order valence-electron chi connectivity index (χ0n) is 13.7. The van der Waals surface area contributed by atoms with E-state index in [1.54, 1.807) is 7.05 Å². The van der Waals surface area contributed by atoms with Gasteiger partial charge in [-0.25, -0.2) is 4.98 Å². The second-order valence-corrected chi connectivity index (χ2v) is 5.09. The first-order valence-electron chi connectivity index (χ1n) is 7.72. The number of hydrogen-bond acceptors (Lipinski definition) is 3. The molecule has 0 aliphatic carbocycles. The number of guanidine groups is 1. The van der Waals surface area contributed by atoms with Gasteiger partial charge >= 0.3 is 0 Å². The number of aromatic nitrogens is 3. The molecule has 1 aromatic carbocycles. The van der Waals surface area contributed by atoms with Gasteiger partial charge in [-0.2, -0.15) is 5.10 Å². The zero-order chi connectivity index (χ0) is 15.6. The molecule has 126 valence electrons. The Balaban J connectivity index is 0.00000264. The largest absolute Gasteiger partial charge is 0.356 e. The van der Waals surface area contributed by atoms with Crippen LogP contribution < -0.4 is 10.6 Å². The average molecular weight is 428 g/mol. The normalized spacial score (nSPS) is 11.0. The van der Waals surface area contributed by atoms with Crippen LogP contribution in [0, 0.1) is 0 Å². The van der Waals surface area contributed by atoms with Gasteiger partial charge in [0, 0.05) is 25.7 Å². The van der Waals surface area contributed by atoms with E-state index < -0.39 is 0 Å². The minimum Gasteiger partial charge on any atom is -0.356 e. The van der Waals surface area contributed by atoms with Crippen LogP contribution in [0.2, 0.25) is 0 Å². The molecule has 0 fully saturated rings. The zero-order valence-corrected chi connectivity index (χ0v) is 16.0. The quantitative estimate of drug-likeness (QED) is 0.274. The lowest BCUT2D eigenvalue weighted by molar-refractivity contribution is 0.683. The Morgan fingerprint density at radius 3 is 2.83 bits per heavy atom. The van der Waals surface area contributed by atoms with Crippen LogP contribution >= 0.6 is 24.0 Å². The van der Waals surface area contributed by atoms with Crippen molar-refractivity contribution in [3.63, 3.8) is 0 Å². The first-order chi connectivity index (χ1) is 10.8. The molecule has 1 heterocycles. The van der Waals surface area contributed by atoms with Gasteiger partial charge in [-0.05, 0) is 18.1 Å². The van der Waals surface area contributed by atoms with E-state index in [0.29, 0.717) is 0 Å². The lowest BCUT2D eigenvalue weighted by Gasteiger charge is -2.12. The molecule has 3 N–H and O–H groups in total. The van der Waals surface area contributed by atoms with Crippen LogP contribution in [0.4, 0.5) is 0 Å². The lowest BCUT2D eigenvalue weighted by atomic mass is 10.1. The highest BCUT2D eigenvalue weighted by molar-refractivity contribution is 14.0. The Morgan fingerprint density at radius 2 is 2.13 bits per heavy atom. The number of aromatic amines is 1. The molecule has 0 radical (unpaired) electrons. The summed E-state index contributed by atoms with van der Waals surface area (Å²) < 4.78 is 0. The minimum atomic E-state index is 0. The van der Waals surface area contributed by atoms with Crippen molar-refractivity contribution in [1.29, 1.82) is 0 Å². The summed E-state index contributed by atoms with van der Waals surface area (Å²) in [6.45, 7) is 3.87. The van der Waals surface area contributed by atoms with Crippen molar-refractivity contribution < 1.29 is 0 Å². The fourth-order valence-electron chi connectivity index (χ4n) is 2.16. The van der Waals surface area contributed by atoms with E-state index in [4.69, 9.17) is 0 Å². The number of halogens is 1. The average Bonchev–Trinajstić information content (AvgIpc) is 3.09. The van der Waals surface area contributed by atoms with E-state index in [9.17, 15) is 0 Å². The van der Waals surface area contributed by atoms with Gasteiger partial charge in [0.2, 0.25) is 0 Å². The summed E-state index contributed by atoms with van der Waals surface area (Å²) in [5, 5.41) is 13.4. The Bertz CT molecular complexity index is 582. The molecule has 0 aliphatic rings. The van der Waals surface area contributed by atoms with Crippen molar-refractivity contribution in [3.05, 3.63) is 36.2 Å². The van der Waals surface area contributed by atoms with Crippen LogP contribution in [-0.4, -0.2) is 34.7 Å². The van der Waals surface area contributed by atoms with Gasteiger partial charge in [0.25, 0.3) is 0 Å². The first kappa shape index (κ1) is 19.4. The highest BCUT2D eigenvalue weighted by Gasteiger charge is 2.03. The Morgan fingerprint density at radius 1 is 1.26 bits per heavy atom. The van der Waals surface area contributed by atoms with Crippen LogP contribution in [0.3, 0.4) is 0 Å². The summed E-state index contributed by atoms with van der Waals surface area (Å²) >= 11 is 0. The van der Waals surface area contributed by atoms with E-state index in [1.807, 2.05) is 12.1 Å². The number of H-pyrrole nitrogens is 1. The lowest BCUT2D eigenvalue weighted by Crippen LogP contribution is -2.37. The van der Waals surface area contributed by atoms with Crippen LogP contribution in [-0.2, 0) is 6.54 Å². The highest BCUT2D eigenvalue weighted by atomic mass is 127. The Kier molecular flexibility index (Phi) is 9.27. The summed E-state index contributed by atoms with van der Waals surface area (Å²) in [5.74, 6) is 1.62. The number of benzene rings is 1. The van der Waals surface area contributed by atoms with Gasteiger partial charge in [-0.15, -0.1) is 24.0 Å². The van der Waals surface area contributed by atoms with E-state index in [2.05, 4.69) is 49.9 Å². The molecule has 0 aliphatic heterocycles. The Labute approximate surface area is 154 Å². The maximum absolute atomic E-state index is 4.24. The molecular weight excluding hydrogens is 403 g/mol. The molecule has 7 heteroatoms. The summed E-state index contributed by atoms with van der Waals surface area (Å²) in [7, 11) is 1.79. The van der Waals surface area contributed by atoms with Crippen molar-refractivity contribution in [2.24, 2.45) is 4.99 Å². The Hall–Kier alpha value is -1.64. The van der Waals surface area contributed by atoms with Crippen LogP contribution in [0.25, 0.3) is 11.4 Å². The van der Waals surface area contributed by atoms with Gasteiger partial charge in [-0.3, -0.25) is 10.1 Å². The van der Waals surface area contributed by atoms with Gasteiger partial charge in [0.1, 0.15) is 6.33 Å². The maximum atomic E-state index is 4.24. The second kappa shape index (κ2) is 11.0. The van der Waals surface area contributed by atoms with Crippen LogP contribution in [0.5, 0.6) is 0 Å². The standard InChI is InChI=1S/C16H24N6.HI/c1-3-4-5-9-18-16(17-2)19-11-13-7-6-8-14(10-13)15-20-12-21-22-15;/h6-8,10,12H,3-5,9,11H2,1-2H3,(H2,17,18,19)(H,20,21,22);1H. The third-order valence-electron chi connectivity index (χ3n) is 3.37. The molecule has 0 saturated carbocycles. The van der Waals surface area contributed by atoms with E-state index in [-0.39, 0.29) is 24.0 Å². The maximum Gasteiger partial charge on any atom is 0.191 e. The van der Waals surface area contributed by atoms with Crippen LogP contribution in [0.15, 0.2) is 35.6 Å². The van der Waals surface area contributed by atoms with Gasteiger partial charge in [0.15, 0.2) is 11.8 Å². The van der Waals surface area contributed by atoms with Crippen molar-refractivity contribution in [1.82, 2.24) is 25.8 Å². The molecule has 6 nitrogen and oxygen atoms in total. The molecule has 0 atom stereocenters. The molecule has 0 amide bonds. The summed E-state index contributed by atoms with van der Waals surface area (Å²) in [6.07, 6.45) is 5.14. The molecule has 0 bridgehead atoms. The van der Waals surface area contributed by atoms with E-state index in [1.165, 1.54) is 24.7 Å². The fourth-order valence-corrected chi connectivity index (χ4v) is 2.16. The molecular formula is C16H25IN6. The number of hydrogen-bond donors (Lipinski definition) is 3. The molecule has 2 rings (SSSR count). The second-order valence-electron chi connectivity index (χ2n) is 5.09. The molecule has 2 aromatic rings. The number of unbranched alkanes of at least 4 members (excludes halogenated alkanes) is 2. The fraction of sp³-hybridized carbons (Fsp3) is 0.438. The monoisotopic (exact) mass is 428 g/mol. The third kappa shape index (κ3) is 6.55. The molecule has 0 spiro atoms. The number of aliphatic imine (C=N–C) groups is 1. The predicted molar refractivity (Wildman–Crippen MR) is 105 cm³/mol. The van der Waals surface area contributed by atoms with Crippen molar-refractivity contribution in [2.45, 2.75) is 32.7 Å². The molecule has 1 aromatic heterocycles. The molecule has 0 saturated heterocycles. The van der Waals surface area contributed by atoms with E-state index >= 15 is 0 Å². The number of nitrogens with one attached hydrogen (secondary N) is 3. The van der Waals surface area contributed by atoms with E-state index in [0.717, 1.165) is 36.9 Å². The minimum absolute atomic E-state index is 0. The summed E-state index contributed by atoms with van der Waals surface area (Å²) in [6, 6.07) is 8.21. The van der Waals surface area contributed by atoms with Crippen molar-refractivity contribution in [3.8, 4) is 11.4 Å². The van der Waals surface area contributed by atoms with Gasteiger partial charge in [0.05, 0.1) is 0 Å². The van der Waals surface area contributed by atoms with Gasteiger partial charge in [-0.1, -0.05) is 38.0 Å². The molecule has 0 unspecified atom stereocenters. The smallest absolute Gasteiger partial charge is 0.191 e. The summed E-state index contributed by atoms with van der Waals surface area (Å²) in [4.78, 5) is 8.41. The number of rotatable bonds is 7. The SMILES string of the molecule is CCCCCNC(=NC)NCc1cccc(-c2ncn[nH]2)c1.I. The van der Waals surface area contributed by atoms with Crippen molar-refractivity contribution in [2.75, 3.05) is 13.6 Å².